The molecule has 0 aliphatic rings. The predicted molar refractivity (Wildman–Crippen MR) is 97.1 cm³/mol. The van der Waals surface area contributed by atoms with Crippen molar-refractivity contribution in [1.29, 1.82) is 0 Å². The van der Waals surface area contributed by atoms with E-state index in [2.05, 4.69) is 23.2 Å². The maximum absolute atomic E-state index is 12.2. The van der Waals surface area contributed by atoms with Gasteiger partial charge in [-0.3, -0.25) is 4.79 Å². The van der Waals surface area contributed by atoms with Crippen LogP contribution < -0.4 is 0 Å². The number of ether oxygens (including phenoxy) is 1. The molecule has 0 bridgehead atoms. The number of fused-ring (bicyclic) bond motifs is 3. The lowest BCUT2D eigenvalue weighted by molar-refractivity contribution is -0.153. The lowest BCUT2D eigenvalue weighted by Crippen LogP contribution is -2.25. The van der Waals surface area contributed by atoms with Crippen molar-refractivity contribution >= 4 is 39.5 Å². The maximum atomic E-state index is 12.2. The van der Waals surface area contributed by atoms with Crippen molar-refractivity contribution in [2.75, 3.05) is 6.26 Å². The monoisotopic (exact) mass is 327 g/mol. The van der Waals surface area contributed by atoms with E-state index in [1.54, 1.807) is 11.8 Å². The lowest BCUT2D eigenvalue weighted by Gasteiger charge is -2.20. The number of aromatic amines is 1. The van der Waals surface area contributed by atoms with E-state index >= 15 is 0 Å². The van der Waals surface area contributed by atoms with Gasteiger partial charge in [-0.1, -0.05) is 30.3 Å². The van der Waals surface area contributed by atoms with Gasteiger partial charge in [0.15, 0.2) is 0 Å². The van der Waals surface area contributed by atoms with E-state index in [0.717, 1.165) is 21.5 Å². The summed E-state index contributed by atoms with van der Waals surface area (Å²) in [7, 11) is 0. The molecule has 2 aromatic carbocycles. The molecule has 0 aliphatic carbocycles. The van der Waals surface area contributed by atoms with Gasteiger partial charge in [-0.2, -0.15) is 0 Å². The molecule has 0 fully saturated rings. The predicted octanol–water partition coefficient (Wildman–Crippen LogP) is 4.93. The Morgan fingerprint density at radius 2 is 1.87 bits per heavy atom. The lowest BCUT2D eigenvalue weighted by atomic mass is 10.1. The normalized spacial score (nSPS) is 12.0. The molecule has 1 aromatic heterocycles. The Labute approximate surface area is 140 Å². The molecule has 23 heavy (non-hydrogen) atoms. The minimum absolute atomic E-state index is 0.191. The van der Waals surface area contributed by atoms with Crippen LogP contribution in [0.4, 0.5) is 0 Å². The summed E-state index contributed by atoms with van der Waals surface area (Å²) in [6, 6.07) is 12.4. The molecule has 0 amide bonds. The first-order valence-electron chi connectivity index (χ1n) is 7.67. The number of nitrogens with one attached hydrogen (secondary N) is 1. The van der Waals surface area contributed by atoms with Gasteiger partial charge >= 0.3 is 5.97 Å². The molecule has 0 atom stereocenters. The van der Waals surface area contributed by atoms with Crippen molar-refractivity contribution in [2.24, 2.45) is 0 Å². The van der Waals surface area contributed by atoms with Gasteiger partial charge in [0.05, 0.1) is 11.9 Å². The number of H-pyrrole nitrogens is 1. The molecule has 0 spiro atoms. The zero-order valence-corrected chi connectivity index (χ0v) is 14.7. The van der Waals surface area contributed by atoms with Crippen molar-refractivity contribution < 1.29 is 9.53 Å². The number of esters is 1. The number of carbonyl (C=O) groups is 1. The number of carbonyl (C=O) groups excluding carboxylic acids is 1. The Morgan fingerprint density at radius 3 is 2.57 bits per heavy atom. The second kappa shape index (κ2) is 5.93. The summed E-state index contributed by atoms with van der Waals surface area (Å²) in [5, 5.41) is 2.40. The van der Waals surface area contributed by atoms with Crippen LogP contribution in [0, 0.1) is 0 Å². The molecular formula is C19H21NO2S. The Hall–Kier alpha value is -1.94. The Morgan fingerprint density at radius 1 is 1.13 bits per heavy atom. The van der Waals surface area contributed by atoms with Crippen LogP contribution in [-0.2, 0) is 16.0 Å². The molecule has 0 radical (unpaired) electrons. The molecule has 3 aromatic rings. The molecule has 0 unspecified atom stereocenters. The van der Waals surface area contributed by atoms with E-state index < -0.39 is 5.60 Å². The first-order chi connectivity index (χ1) is 10.9. The number of aromatic nitrogens is 1. The van der Waals surface area contributed by atoms with Crippen LogP contribution in [0.1, 0.15) is 26.3 Å². The van der Waals surface area contributed by atoms with Crippen LogP contribution in [0.15, 0.2) is 41.3 Å². The quantitative estimate of drug-likeness (QED) is 0.548. The summed E-state index contributed by atoms with van der Waals surface area (Å²) in [5.74, 6) is -0.191. The Balaban J connectivity index is 2.05. The van der Waals surface area contributed by atoms with Crippen LogP contribution in [0.5, 0.6) is 0 Å². The van der Waals surface area contributed by atoms with Gasteiger partial charge in [-0.25, -0.2) is 0 Å². The molecule has 120 valence electrons. The standard InChI is InChI=1S/C19H21NO2S/c1-19(2,3)22-16(21)11-12-9-10-14-13-7-5-6-8-15(13)20-17(14)18(12)23-4/h5-10,20H,11H2,1-4H3. The summed E-state index contributed by atoms with van der Waals surface area (Å²) >= 11 is 1.66. The average Bonchev–Trinajstić information content (AvgIpc) is 2.83. The summed E-state index contributed by atoms with van der Waals surface area (Å²) < 4.78 is 5.45. The SMILES string of the molecule is CSc1c(CC(=O)OC(C)(C)C)ccc2c1[nH]c1ccccc12. The van der Waals surface area contributed by atoms with E-state index in [4.69, 9.17) is 4.74 Å². The zero-order valence-electron chi connectivity index (χ0n) is 13.9. The highest BCUT2D eigenvalue weighted by molar-refractivity contribution is 7.98. The molecule has 3 rings (SSSR count). The van der Waals surface area contributed by atoms with Crippen LogP contribution >= 0.6 is 11.8 Å². The molecule has 4 heteroatoms. The number of hydrogen-bond acceptors (Lipinski definition) is 3. The average molecular weight is 327 g/mol. The van der Waals surface area contributed by atoms with Crippen LogP contribution in [0.2, 0.25) is 0 Å². The number of thioether (sulfide) groups is 1. The van der Waals surface area contributed by atoms with Crippen LogP contribution in [0.3, 0.4) is 0 Å². The minimum atomic E-state index is -0.457. The Bertz CT molecular complexity index is 874. The van der Waals surface area contributed by atoms with Crippen LogP contribution in [0.25, 0.3) is 21.8 Å². The highest BCUT2D eigenvalue weighted by Gasteiger charge is 2.19. The third kappa shape index (κ3) is 3.22. The Kier molecular flexibility index (Phi) is 4.11. The molecule has 0 saturated carbocycles. The second-order valence-corrected chi connectivity index (χ2v) is 7.43. The first kappa shape index (κ1) is 15.9. The summed E-state index contributed by atoms with van der Waals surface area (Å²) in [4.78, 5) is 16.8. The van der Waals surface area contributed by atoms with Crippen molar-refractivity contribution in [2.45, 2.75) is 37.7 Å². The van der Waals surface area contributed by atoms with Crippen molar-refractivity contribution in [1.82, 2.24) is 4.98 Å². The number of rotatable bonds is 3. The van der Waals surface area contributed by atoms with E-state index in [1.807, 2.05) is 45.2 Å². The molecule has 0 saturated heterocycles. The van der Waals surface area contributed by atoms with E-state index in [9.17, 15) is 4.79 Å². The van der Waals surface area contributed by atoms with E-state index in [-0.39, 0.29) is 5.97 Å². The second-order valence-electron chi connectivity index (χ2n) is 6.61. The first-order valence-corrected chi connectivity index (χ1v) is 8.89. The van der Waals surface area contributed by atoms with Gasteiger partial charge in [0.1, 0.15) is 5.60 Å². The van der Waals surface area contributed by atoms with Crippen molar-refractivity contribution in [3.05, 3.63) is 42.0 Å². The maximum Gasteiger partial charge on any atom is 0.310 e. The fourth-order valence-electron chi connectivity index (χ4n) is 2.84. The zero-order chi connectivity index (χ0) is 16.6. The highest BCUT2D eigenvalue weighted by atomic mass is 32.2. The molecular weight excluding hydrogens is 306 g/mol. The van der Waals surface area contributed by atoms with E-state index in [0.29, 0.717) is 6.42 Å². The van der Waals surface area contributed by atoms with Crippen LogP contribution in [-0.4, -0.2) is 22.8 Å². The van der Waals surface area contributed by atoms with E-state index in [1.165, 1.54) is 10.8 Å². The summed E-state index contributed by atoms with van der Waals surface area (Å²) in [5.41, 5.74) is 2.76. The largest absolute Gasteiger partial charge is 0.460 e. The smallest absolute Gasteiger partial charge is 0.310 e. The molecule has 0 aliphatic heterocycles. The van der Waals surface area contributed by atoms with Gasteiger partial charge in [-0.15, -0.1) is 11.8 Å². The summed E-state index contributed by atoms with van der Waals surface area (Å²) in [6.07, 6.45) is 2.33. The van der Waals surface area contributed by atoms with Crippen molar-refractivity contribution in [3.8, 4) is 0 Å². The third-order valence-electron chi connectivity index (χ3n) is 3.68. The van der Waals surface area contributed by atoms with Gasteiger partial charge in [0, 0.05) is 21.2 Å². The van der Waals surface area contributed by atoms with Gasteiger partial charge in [-0.05, 0) is 38.7 Å². The van der Waals surface area contributed by atoms with Crippen molar-refractivity contribution in [3.63, 3.8) is 0 Å². The fraction of sp³-hybridized carbons (Fsp3) is 0.316. The fourth-order valence-corrected chi connectivity index (χ4v) is 3.61. The molecule has 3 nitrogen and oxygen atoms in total. The van der Waals surface area contributed by atoms with Gasteiger partial charge < -0.3 is 9.72 Å². The molecule has 1 heterocycles. The number of hydrogen-bond donors (Lipinski definition) is 1. The molecule has 1 N–H and O–H groups in total. The minimum Gasteiger partial charge on any atom is -0.460 e. The van der Waals surface area contributed by atoms with Gasteiger partial charge in [0.2, 0.25) is 0 Å². The summed E-state index contributed by atoms with van der Waals surface area (Å²) in [6.45, 7) is 5.67. The number of benzene rings is 2. The number of para-hydroxylation sites is 1. The van der Waals surface area contributed by atoms with Gasteiger partial charge in [0.25, 0.3) is 0 Å². The topological polar surface area (TPSA) is 42.1 Å². The highest BCUT2D eigenvalue weighted by Crippen LogP contribution is 2.34. The third-order valence-corrected chi connectivity index (χ3v) is 4.55.